The Morgan fingerprint density at radius 3 is 2.45 bits per heavy atom. The highest BCUT2D eigenvalue weighted by Crippen LogP contribution is 2.27. The second-order valence-corrected chi connectivity index (χ2v) is 6.71. The van der Waals surface area contributed by atoms with E-state index in [-0.39, 0.29) is 22.2 Å². The standard InChI is InChI=1S/C14H23FN2O2S/c1-5-7-11(6-2)17-20(18,19)14-9(3)8-12(15)13(16)10(14)4/h8,11,17H,5-7,16H2,1-4H3. The molecular formula is C14H23FN2O2S. The van der Waals surface area contributed by atoms with Gasteiger partial charge in [-0.1, -0.05) is 20.3 Å². The van der Waals surface area contributed by atoms with Gasteiger partial charge < -0.3 is 5.73 Å². The highest BCUT2D eigenvalue weighted by atomic mass is 32.2. The third-order valence-electron chi connectivity index (χ3n) is 3.42. The van der Waals surface area contributed by atoms with Gasteiger partial charge in [-0.3, -0.25) is 0 Å². The Labute approximate surface area is 120 Å². The summed E-state index contributed by atoms with van der Waals surface area (Å²) in [7, 11) is -3.69. The van der Waals surface area contributed by atoms with Gasteiger partial charge in [0.15, 0.2) is 0 Å². The first kappa shape index (κ1) is 16.9. The van der Waals surface area contributed by atoms with Gasteiger partial charge >= 0.3 is 0 Å². The van der Waals surface area contributed by atoms with Crippen LogP contribution in [0, 0.1) is 19.7 Å². The number of anilines is 1. The van der Waals surface area contributed by atoms with Gasteiger partial charge in [-0.2, -0.15) is 0 Å². The van der Waals surface area contributed by atoms with Crippen molar-refractivity contribution in [3.05, 3.63) is 23.0 Å². The van der Waals surface area contributed by atoms with Crippen molar-refractivity contribution in [2.24, 2.45) is 0 Å². The predicted octanol–water partition coefficient (Wildman–Crippen LogP) is 2.88. The maximum Gasteiger partial charge on any atom is 0.241 e. The lowest BCUT2D eigenvalue weighted by Crippen LogP contribution is -2.35. The van der Waals surface area contributed by atoms with E-state index in [4.69, 9.17) is 5.73 Å². The summed E-state index contributed by atoms with van der Waals surface area (Å²) in [6.07, 6.45) is 2.37. The van der Waals surface area contributed by atoms with Crippen LogP contribution in [0.5, 0.6) is 0 Å². The van der Waals surface area contributed by atoms with Crippen molar-refractivity contribution in [1.29, 1.82) is 0 Å². The summed E-state index contributed by atoms with van der Waals surface area (Å²) in [6, 6.07) is 1.05. The van der Waals surface area contributed by atoms with Crippen LogP contribution in [0.2, 0.25) is 0 Å². The van der Waals surface area contributed by atoms with Gasteiger partial charge in [0.1, 0.15) is 5.82 Å². The number of rotatable bonds is 6. The zero-order chi connectivity index (χ0) is 15.5. The number of nitrogens with one attached hydrogen (secondary N) is 1. The lowest BCUT2D eigenvalue weighted by atomic mass is 10.1. The molecule has 0 amide bonds. The summed E-state index contributed by atoms with van der Waals surface area (Å²) in [5.41, 5.74) is 6.13. The molecule has 1 aromatic rings. The molecule has 0 aliphatic carbocycles. The van der Waals surface area contributed by atoms with E-state index >= 15 is 0 Å². The highest BCUT2D eigenvalue weighted by molar-refractivity contribution is 7.89. The van der Waals surface area contributed by atoms with Gasteiger partial charge in [-0.15, -0.1) is 0 Å². The maximum atomic E-state index is 13.5. The number of hydrogen-bond donors (Lipinski definition) is 2. The van der Waals surface area contributed by atoms with Crippen LogP contribution < -0.4 is 10.5 Å². The second-order valence-electron chi connectivity index (χ2n) is 5.06. The third-order valence-corrected chi connectivity index (χ3v) is 5.23. The number of benzene rings is 1. The van der Waals surface area contributed by atoms with E-state index in [1.54, 1.807) is 6.92 Å². The minimum absolute atomic E-state index is 0.0888. The molecule has 0 bridgehead atoms. The van der Waals surface area contributed by atoms with Crippen molar-refractivity contribution in [2.45, 2.75) is 57.9 Å². The van der Waals surface area contributed by atoms with Crippen LogP contribution in [0.3, 0.4) is 0 Å². The van der Waals surface area contributed by atoms with Crippen LogP contribution in [0.1, 0.15) is 44.2 Å². The number of hydrogen-bond acceptors (Lipinski definition) is 3. The van der Waals surface area contributed by atoms with E-state index in [0.717, 1.165) is 18.9 Å². The monoisotopic (exact) mass is 302 g/mol. The molecule has 0 aliphatic rings. The van der Waals surface area contributed by atoms with Crippen LogP contribution in [0.15, 0.2) is 11.0 Å². The van der Waals surface area contributed by atoms with Crippen LogP contribution in [0.25, 0.3) is 0 Å². The molecule has 1 atom stereocenters. The molecule has 0 aromatic heterocycles. The maximum absolute atomic E-state index is 13.5. The molecule has 0 radical (unpaired) electrons. The van der Waals surface area contributed by atoms with Gasteiger partial charge in [0.05, 0.1) is 10.6 Å². The fourth-order valence-electron chi connectivity index (χ4n) is 2.32. The molecule has 1 rings (SSSR count). The molecule has 3 N–H and O–H groups in total. The smallest absolute Gasteiger partial charge is 0.241 e. The lowest BCUT2D eigenvalue weighted by Gasteiger charge is -2.19. The predicted molar refractivity (Wildman–Crippen MR) is 79.6 cm³/mol. The first-order valence-electron chi connectivity index (χ1n) is 6.82. The van der Waals surface area contributed by atoms with Gasteiger partial charge in [0.2, 0.25) is 10.0 Å². The summed E-state index contributed by atoms with van der Waals surface area (Å²) in [6.45, 7) is 7.04. The number of halogens is 1. The first-order chi connectivity index (χ1) is 9.24. The SMILES string of the molecule is CCCC(CC)NS(=O)(=O)c1c(C)cc(F)c(N)c1C. The van der Waals surface area contributed by atoms with Crippen LogP contribution in [-0.2, 0) is 10.0 Å². The Kier molecular flexibility index (Phi) is 5.53. The van der Waals surface area contributed by atoms with Gasteiger partial charge in [-0.25, -0.2) is 17.5 Å². The average Bonchev–Trinajstić information content (AvgIpc) is 2.34. The van der Waals surface area contributed by atoms with Crippen molar-refractivity contribution in [1.82, 2.24) is 4.72 Å². The van der Waals surface area contributed by atoms with Crippen molar-refractivity contribution in [3.63, 3.8) is 0 Å². The highest BCUT2D eigenvalue weighted by Gasteiger charge is 2.25. The third kappa shape index (κ3) is 3.49. The summed E-state index contributed by atoms with van der Waals surface area (Å²) in [5.74, 6) is -0.584. The van der Waals surface area contributed by atoms with E-state index in [2.05, 4.69) is 4.72 Å². The fraction of sp³-hybridized carbons (Fsp3) is 0.571. The number of sulfonamides is 1. The minimum Gasteiger partial charge on any atom is -0.396 e. The Morgan fingerprint density at radius 1 is 1.35 bits per heavy atom. The molecule has 0 aliphatic heterocycles. The van der Waals surface area contributed by atoms with E-state index < -0.39 is 15.8 Å². The fourth-order valence-corrected chi connectivity index (χ4v) is 4.15. The first-order valence-corrected chi connectivity index (χ1v) is 8.30. The zero-order valence-electron chi connectivity index (χ0n) is 12.5. The molecule has 4 nitrogen and oxygen atoms in total. The van der Waals surface area contributed by atoms with Gasteiger partial charge in [0.25, 0.3) is 0 Å². The summed E-state index contributed by atoms with van der Waals surface area (Å²) in [4.78, 5) is 0.0888. The van der Waals surface area contributed by atoms with Gasteiger partial charge in [0, 0.05) is 6.04 Å². The van der Waals surface area contributed by atoms with E-state index in [1.807, 2.05) is 13.8 Å². The summed E-state index contributed by atoms with van der Waals surface area (Å²) in [5, 5.41) is 0. The van der Waals surface area contributed by atoms with Crippen molar-refractivity contribution in [2.75, 3.05) is 5.73 Å². The van der Waals surface area contributed by atoms with E-state index in [9.17, 15) is 12.8 Å². The Morgan fingerprint density at radius 2 is 1.95 bits per heavy atom. The molecule has 0 saturated heterocycles. The normalized spacial score (nSPS) is 13.4. The molecule has 0 fully saturated rings. The topological polar surface area (TPSA) is 72.2 Å². The van der Waals surface area contributed by atoms with Crippen LogP contribution in [0.4, 0.5) is 10.1 Å². The Bertz CT molecular complexity index is 585. The number of aryl methyl sites for hydroxylation is 1. The molecule has 0 saturated carbocycles. The second kappa shape index (κ2) is 6.54. The molecule has 6 heteroatoms. The van der Waals surface area contributed by atoms with Gasteiger partial charge in [-0.05, 0) is 43.9 Å². The van der Waals surface area contributed by atoms with Crippen LogP contribution >= 0.6 is 0 Å². The molecule has 0 spiro atoms. The van der Waals surface area contributed by atoms with Crippen LogP contribution in [-0.4, -0.2) is 14.5 Å². The number of nitrogen functional groups attached to an aromatic ring is 1. The zero-order valence-corrected chi connectivity index (χ0v) is 13.3. The molecular weight excluding hydrogens is 279 g/mol. The van der Waals surface area contributed by atoms with Crippen molar-refractivity contribution >= 4 is 15.7 Å². The molecule has 1 unspecified atom stereocenters. The Hall–Kier alpha value is -1.14. The van der Waals surface area contributed by atoms with E-state index in [0.29, 0.717) is 12.0 Å². The Balaban J connectivity index is 3.26. The minimum atomic E-state index is -3.69. The van der Waals surface area contributed by atoms with Crippen molar-refractivity contribution in [3.8, 4) is 0 Å². The quantitative estimate of drug-likeness (QED) is 0.794. The largest absolute Gasteiger partial charge is 0.396 e. The summed E-state index contributed by atoms with van der Waals surface area (Å²) < 4.78 is 41.2. The molecule has 20 heavy (non-hydrogen) atoms. The molecule has 1 aromatic carbocycles. The molecule has 114 valence electrons. The lowest BCUT2D eigenvalue weighted by molar-refractivity contribution is 0.511. The number of nitrogens with two attached hydrogens (primary N) is 1. The molecule has 0 heterocycles. The summed E-state index contributed by atoms with van der Waals surface area (Å²) >= 11 is 0. The average molecular weight is 302 g/mol. The van der Waals surface area contributed by atoms with E-state index in [1.165, 1.54) is 6.92 Å². The van der Waals surface area contributed by atoms with Crippen molar-refractivity contribution < 1.29 is 12.8 Å².